The van der Waals surface area contributed by atoms with Crippen LogP contribution < -0.4 is 0 Å². The molecule has 360 valence electrons. The van der Waals surface area contributed by atoms with Gasteiger partial charge in [0.2, 0.25) is 0 Å². The molecule has 0 spiro atoms. The smallest absolute Gasteiger partial charge is 0.338 e. The van der Waals surface area contributed by atoms with E-state index in [9.17, 15) is 4.79 Å². The minimum absolute atomic E-state index is 0.0154. The Morgan fingerprint density at radius 2 is 1.19 bits per heavy atom. The largest absolute Gasteiger partial charge is 0.459 e. The van der Waals surface area contributed by atoms with Crippen molar-refractivity contribution in [3.63, 3.8) is 0 Å². The second kappa shape index (κ2) is 21.9. The highest BCUT2D eigenvalue weighted by atomic mass is 16.8. The van der Waals surface area contributed by atoms with Crippen LogP contribution in [0.2, 0.25) is 0 Å². The fraction of sp³-hybridized carbons (Fsp3) is 0.389. The number of aromatic nitrogens is 3. The van der Waals surface area contributed by atoms with Crippen molar-refractivity contribution >= 4 is 5.97 Å². The SMILES string of the molecule is CC1(C)O[C@H]2O[C@H]3[C@H](OCc4ccccc4Cn4cc(nn4)CO[C@H]4[C@H](O[C@H](COCc5ccccc5)[C@@H](OCc5ccccc5)[C@@H]4OCc4ccccc4)O[C@@H]3COC(=O)c3ccccc3)[C@H]2O1. The van der Waals surface area contributed by atoms with Crippen LogP contribution in [0.15, 0.2) is 152 Å². The predicted molar refractivity (Wildman–Crippen MR) is 248 cm³/mol. The number of carbonyl (C=O) groups excluding carboxylic acids is 1. The van der Waals surface area contributed by atoms with Crippen LogP contribution in [0.3, 0.4) is 0 Å². The van der Waals surface area contributed by atoms with E-state index in [0.29, 0.717) is 24.4 Å². The van der Waals surface area contributed by atoms with E-state index in [4.69, 9.17) is 52.1 Å². The minimum Gasteiger partial charge on any atom is -0.459 e. The third kappa shape index (κ3) is 11.7. The average Bonchev–Trinajstić information content (AvgIpc) is 4.05. The van der Waals surface area contributed by atoms with Crippen LogP contribution in [0.1, 0.15) is 57.7 Å². The molecule has 0 saturated carbocycles. The molecule has 3 saturated heterocycles. The lowest BCUT2D eigenvalue weighted by Gasteiger charge is -2.47. The molecular formula is C54H57N3O12. The fourth-order valence-electron chi connectivity index (χ4n) is 9.16. The van der Waals surface area contributed by atoms with Crippen LogP contribution in [0, 0.1) is 0 Å². The Balaban J connectivity index is 1.05. The monoisotopic (exact) mass is 939 g/mol. The molecule has 0 aliphatic carbocycles. The second-order valence-electron chi connectivity index (χ2n) is 18.0. The Bertz CT molecular complexity index is 2550. The molecule has 0 N–H and O–H groups in total. The number of fused-ring (bicyclic) bond motifs is 7. The molecule has 6 aromatic rings. The minimum atomic E-state index is -1.19. The van der Waals surface area contributed by atoms with Crippen LogP contribution in [0.4, 0.5) is 0 Å². The van der Waals surface area contributed by atoms with Crippen molar-refractivity contribution in [3.8, 4) is 0 Å². The zero-order chi connectivity index (χ0) is 47.0. The summed E-state index contributed by atoms with van der Waals surface area (Å²) in [6.07, 6.45) is -6.84. The van der Waals surface area contributed by atoms with Gasteiger partial charge in [-0.3, -0.25) is 0 Å². The van der Waals surface area contributed by atoms with Gasteiger partial charge in [0, 0.05) is 0 Å². The Morgan fingerprint density at radius 1 is 0.594 bits per heavy atom. The van der Waals surface area contributed by atoms with Gasteiger partial charge in [0.15, 0.2) is 18.4 Å². The molecule has 10 atom stereocenters. The van der Waals surface area contributed by atoms with Gasteiger partial charge in [0.25, 0.3) is 0 Å². The lowest BCUT2D eigenvalue weighted by molar-refractivity contribution is -0.346. The highest BCUT2D eigenvalue weighted by Crippen LogP contribution is 2.42. The Labute approximate surface area is 401 Å². The van der Waals surface area contributed by atoms with E-state index in [1.807, 2.05) is 141 Å². The molecule has 15 heteroatoms. The summed E-state index contributed by atoms with van der Waals surface area (Å²) in [6, 6.07) is 46.5. The number of hydrogen-bond acceptors (Lipinski definition) is 14. The zero-order valence-corrected chi connectivity index (χ0v) is 38.6. The number of benzene rings is 5. The van der Waals surface area contributed by atoms with Crippen molar-refractivity contribution in [2.24, 2.45) is 0 Å². The van der Waals surface area contributed by atoms with Crippen molar-refractivity contribution in [1.82, 2.24) is 15.0 Å². The predicted octanol–water partition coefficient (Wildman–Crippen LogP) is 7.34. The molecule has 5 heterocycles. The first kappa shape index (κ1) is 47.0. The summed E-state index contributed by atoms with van der Waals surface area (Å²) >= 11 is 0. The Morgan fingerprint density at radius 3 is 1.88 bits per heavy atom. The first-order valence-corrected chi connectivity index (χ1v) is 23.5. The molecule has 3 fully saturated rings. The second-order valence-corrected chi connectivity index (χ2v) is 18.0. The molecule has 2 bridgehead atoms. The molecule has 5 aromatic carbocycles. The number of nitrogens with zero attached hydrogens (tertiary/aromatic N) is 3. The number of carbonyl (C=O) groups is 1. The normalized spacial score (nSPS) is 27.6. The van der Waals surface area contributed by atoms with Crippen LogP contribution in [-0.4, -0.2) is 101 Å². The van der Waals surface area contributed by atoms with E-state index in [1.54, 1.807) is 28.9 Å². The third-order valence-electron chi connectivity index (χ3n) is 12.5. The summed E-state index contributed by atoms with van der Waals surface area (Å²) in [5, 5.41) is 9.01. The molecule has 4 aliphatic heterocycles. The van der Waals surface area contributed by atoms with Crippen molar-refractivity contribution in [2.45, 2.75) is 121 Å². The highest BCUT2D eigenvalue weighted by molar-refractivity contribution is 5.89. The van der Waals surface area contributed by atoms with Crippen molar-refractivity contribution in [1.29, 1.82) is 0 Å². The summed E-state index contributed by atoms with van der Waals surface area (Å²) in [5.74, 6) is -1.51. The van der Waals surface area contributed by atoms with E-state index < -0.39 is 73.2 Å². The zero-order valence-electron chi connectivity index (χ0n) is 38.6. The van der Waals surface area contributed by atoms with E-state index in [1.165, 1.54) is 0 Å². The van der Waals surface area contributed by atoms with E-state index in [-0.39, 0.29) is 39.6 Å². The molecular weight excluding hydrogens is 883 g/mol. The van der Waals surface area contributed by atoms with Gasteiger partial charge in [0.1, 0.15) is 61.1 Å². The van der Waals surface area contributed by atoms with E-state index in [2.05, 4.69) is 10.3 Å². The van der Waals surface area contributed by atoms with Crippen molar-refractivity contribution in [3.05, 3.63) is 191 Å². The van der Waals surface area contributed by atoms with Crippen molar-refractivity contribution < 1.29 is 56.9 Å². The summed E-state index contributed by atoms with van der Waals surface area (Å²) in [7, 11) is 0. The topological polar surface area (TPSA) is 149 Å². The number of ether oxygens (including phenoxy) is 11. The number of esters is 1. The van der Waals surface area contributed by atoms with E-state index >= 15 is 0 Å². The quantitative estimate of drug-likeness (QED) is 0.106. The molecule has 10 rings (SSSR count). The molecule has 69 heavy (non-hydrogen) atoms. The summed E-state index contributed by atoms with van der Waals surface area (Å²) in [6.45, 7) is 4.90. The maximum Gasteiger partial charge on any atom is 0.338 e. The Kier molecular flexibility index (Phi) is 15.0. The molecule has 0 radical (unpaired) electrons. The fourth-order valence-corrected chi connectivity index (χ4v) is 9.16. The van der Waals surface area contributed by atoms with Gasteiger partial charge < -0.3 is 52.1 Å². The first-order chi connectivity index (χ1) is 33.8. The Hall–Kier alpha value is -5.69. The lowest BCUT2D eigenvalue weighted by atomic mass is 9.97. The van der Waals surface area contributed by atoms with E-state index in [0.717, 1.165) is 27.8 Å². The summed E-state index contributed by atoms with van der Waals surface area (Å²) < 4.78 is 75.9. The summed E-state index contributed by atoms with van der Waals surface area (Å²) in [5.41, 5.74) is 5.75. The molecule has 1 aromatic heterocycles. The molecule has 0 amide bonds. The summed E-state index contributed by atoms with van der Waals surface area (Å²) in [4.78, 5) is 13.7. The van der Waals surface area contributed by atoms with Gasteiger partial charge in [-0.25, -0.2) is 9.48 Å². The average molecular weight is 940 g/mol. The van der Waals surface area contributed by atoms with Crippen LogP contribution >= 0.6 is 0 Å². The van der Waals surface area contributed by atoms with Gasteiger partial charge in [-0.05, 0) is 53.8 Å². The van der Waals surface area contributed by atoms with Gasteiger partial charge >= 0.3 is 5.97 Å². The van der Waals surface area contributed by atoms with Gasteiger partial charge in [-0.1, -0.05) is 139 Å². The third-order valence-corrected chi connectivity index (χ3v) is 12.5. The van der Waals surface area contributed by atoms with Crippen molar-refractivity contribution in [2.75, 3.05) is 13.2 Å². The standard InChI is InChI=1S/C54H57N3O12/c1-54(2)68-50-48-46(67-53(50)69-54)44(35-64-51(58)39-23-13-6-14-24-39)66-52-49(63-33-42-28-57(56-55-42)27-40-25-15-16-26-41(40)32-62-48)47(61-31-38-21-11-5-12-22-38)45(60-30-37-19-9-4-10-20-37)43(65-52)34-59-29-36-17-7-3-8-18-36/h3-26,28,43-50,52-53H,27,29-35H2,1-2H3/t43-,44-,45-,46-,47+,48+,49-,50-,52-,53-/m1/s1. The van der Waals surface area contributed by atoms with Crippen LogP contribution in [-0.2, 0) is 91.7 Å². The molecule has 0 unspecified atom stereocenters. The maximum atomic E-state index is 13.7. The number of hydrogen-bond donors (Lipinski definition) is 0. The van der Waals surface area contributed by atoms with Gasteiger partial charge in [0.05, 0.1) is 57.9 Å². The lowest BCUT2D eigenvalue weighted by Crippen LogP contribution is -2.63. The molecule has 15 nitrogen and oxygen atoms in total. The first-order valence-electron chi connectivity index (χ1n) is 23.5. The van der Waals surface area contributed by atoms with Gasteiger partial charge in [-0.2, -0.15) is 0 Å². The van der Waals surface area contributed by atoms with Gasteiger partial charge in [-0.15, -0.1) is 5.10 Å². The van der Waals surface area contributed by atoms with Crippen LogP contribution in [0.25, 0.3) is 0 Å². The van der Waals surface area contributed by atoms with Crippen LogP contribution in [0.5, 0.6) is 0 Å². The molecule has 4 aliphatic rings. The highest BCUT2D eigenvalue weighted by Gasteiger charge is 2.59. The maximum absolute atomic E-state index is 13.7. The number of rotatable bonds is 13.